The maximum Gasteiger partial charge on any atom is 0.176 e. The van der Waals surface area contributed by atoms with E-state index in [1.165, 1.54) is 0 Å². The van der Waals surface area contributed by atoms with Crippen LogP contribution in [0.15, 0.2) is 0 Å². The summed E-state index contributed by atoms with van der Waals surface area (Å²) in [6.45, 7) is 1.41. The average Bonchev–Trinajstić information content (AvgIpc) is 2.70. The van der Waals surface area contributed by atoms with E-state index in [1.54, 1.807) is 0 Å². The van der Waals surface area contributed by atoms with Crippen LogP contribution >= 0.6 is 0 Å². The molecule has 0 aromatic heterocycles. The SMILES string of the molecule is CCCCCOC1O[C@H](CO)[C@@H](O[C@@H]2O[C@H](CO)[C@@H](O)[C@H](O)[C@H]2N)[C@H](O)[C@H]1N. The van der Waals surface area contributed by atoms with Gasteiger partial charge in [0.05, 0.1) is 25.3 Å². The van der Waals surface area contributed by atoms with Gasteiger partial charge in [0.15, 0.2) is 12.6 Å². The summed E-state index contributed by atoms with van der Waals surface area (Å²) in [6, 6.07) is -2.10. The van der Waals surface area contributed by atoms with Crippen molar-refractivity contribution in [3.05, 3.63) is 0 Å². The van der Waals surface area contributed by atoms with Crippen LogP contribution in [0.4, 0.5) is 0 Å². The Morgan fingerprint density at radius 2 is 1.43 bits per heavy atom. The van der Waals surface area contributed by atoms with Gasteiger partial charge in [-0.05, 0) is 6.42 Å². The summed E-state index contributed by atoms with van der Waals surface area (Å²) in [6.07, 6.45) is -6.62. The van der Waals surface area contributed by atoms with Gasteiger partial charge in [0.1, 0.15) is 36.6 Å². The van der Waals surface area contributed by atoms with Crippen LogP contribution in [0.5, 0.6) is 0 Å². The Kier molecular flexibility index (Phi) is 9.44. The quantitative estimate of drug-likeness (QED) is 0.189. The van der Waals surface area contributed by atoms with E-state index in [0.717, 1.165) is 19.3 Å². The molecule has 0 aromatic rings. The van der Waals surface area contributed by atoms with E-state index in [9.17, 15) is 25.5 Å². The van der Waals surface area contributed by atoms with Gasteiger partial charge >= 0.3 is 0 Å². The molecule has 0 bridgehead atoms. The van der Waals surface area contributed by atoms with Crippen LogP contribution < -0.4 is 11.5 Å². The van der Waals surface area contributed by atoms with Crippen LogP contribution in [0.25, 0.3) is 0 Å². The Hall–Kier alpha value is -0.440. The second-order valence-corrected chi connectivity index (χ2v) is 7.26. The topological polar surface area (TPSA) is 190 Å². The van der Waals surface area contributed by atoms with E-state index in [2.05, 4.69) is 6.92 Å². The van der Waals surface area contributed by atoms with Crippen molar-refractivity contribution in [1.82, 2.24) is 0 Å². The van der Waals surface area contributed by atoms with Gasteiger partial charge in [-0.1, -0.05) is 19.8 Å². The van der Waals surface area contributed by atoms with Crippen molar-refractivity contribution in [2.24, 2.45) is 11.5 Å². The summed E-state index contributed by atoms with van der Waals surface area (Å²) in [5.74, 6) is 0. The van der Waals surface area contributed by atoms with Crippen molar-refractivity contribution in [1.29, 1.82) is 0 Å². The summed E-state index contributed by atoms with van der Waals surface area (Å²) in [5.41, 5.74) is 11.9. The van der Waals surface area contributed by atoms with Gasteiger partial charge in [-0.15, -0.1) is 0 Å². The normalized spacial score (nSPS) is 44.6. The summed E-state index contributed by atoms with van der Waals surface area (Å²) < 4.78 is 22.3. The third-order valence-corrected chi connectivity index (χ3v) is 5.15. The zero-order chi connectivity index (χ0) is 20.8. The molecule has 11 nitrogen and oxygen atoms in total. The molecule has 2 rings (SSSR count). The molecule has 0 aromatic carbocycles. The van der Waals surface area contributed by atoms with Crippen LogP contribution in [-0.2, 0) is 18.9 Å². The van der Waals surface area contributed by atoms with Crippen LogP contribution in [0, 0.1) is 0 Å². The van der Waals surface area contributed by atoms with Crippen molar-refractivity contribution >= 4 is 0 Å². The summed E-state index contributed by atoms with van der Waals surface area (Å²) >= 11 is 0. The Labute approximate surface area is 164 Å². The lowest BCUT2D eigenvalue weighted by Gasteiger charge is -2.46. The number of hydrogen-bond acceptors (Lipinski definition) is 11. The molecule has 2 fully saturated rings. The molecular weight excluding hydrogens is 376 g/mol. The van der Waals surface area contributed by atoms with Gasteiger partial charge in [-0.2, -0.15) is 0 Å². The van der Waals surface area contributed by atoms with E-state index < -0.39 is 74.5 Å². The van der Waals surface area contributed by atoms with Crippen LogP contribution in [-0.4, -0.2) is 107 Å². The molecular formula is C17H34N2O9. The van der Waals surface area contributed by atoms with Crippen molar-refractivity contribution in [2.45, 2.75) is 87.5 Å². The monoisotopic (exact) mass is 410 g/mol. The van der Waals surface area contributed by atoms with Crippen molar-refractivity contribution < 1.29 is 44.5 Å². The van der Waals surface area contributed by atoms with E-state index in [0.29, 0.717) is 6.61 Å². The second kappa shape index (κ2) is 11.1. The van der Waals surface area contributed by atoms with Crippen LogP contribution in [0.1, 0.15) is 26.2 Å². The first-order chi connectivity index (χ1) is 13.3. The van der Waals surface area contributed by atoms with Gasteiger partial charge in [0.2, 0.25) is 0 Å². The molecule has 2 saturated heterocycles. The number of aliphatic hydroxyl groups is 5. The number of aliphatic hydroxyl groups excluding tert-OH is 5. The molecule has 2 heterocycles. The Morgan fingerprint density at radius 3 is 2.04 bits per heavy atom. The lowest BCUT2D eigenvalue weighted by atomic mass is 9.95. The van der Waals surface area contributed by atoms with Gasteiger partial charge < -0.3 is 55.9 Å². The molecule has 0 spiro atoms. The van der Waals surface area contributed by atoms with Crippen molar-refractivity contribution in [3.63, 3.8) is 0 Å². The fourth-order valence-electron chi connectivity index (χ4n) is 3.34. The summed E-state index contributed by atoms with van der Waals surface area (Å²) in [5, 5.41) is 49.4. The first-order valence-electron chi connectivity index (χ1n) is 9.70. The molecule has 0 amide bonds. The third-order valence-electron chi connectivity index (χ3n) is 5.15. The fraction of sp³-hybridized carbons (Fsp3) is 1.00. The molecule has 2 aliphatic rings. The number of unbranched alkanes of at least 4 members (excludes halogenated alkanes) is 2. The first kappa shape index (κ1) is 23.8. The summed E-state index contributed by atoms with van der Waals surface area (Å²) in [4.78, 5) is 0. The first-order valence-corrected chi connectivity index (χ1v) is 9.70. The maximum atomic E-state index is 10.6. The van der Waals surface area contributed by atoms with Gasteiger partial charge in [0, 0.05) is 6.61 Å². The fourth-order valence-corrected chi connectivity index (χ4v) is 3.34. The van der Waals surface area contributed by atoms with Crippen molar-refractivity contribution in [3.8, 4) is 0 Å². The molecule has 0 saturated carbocycles. The maximum absolute atomic E-state index is 10.6. The Bertz CT molecular complexity index is 456. The Morgan fingerprint density at radius 1 is 0.821 bits per heavy atom. The average molecular weight is 410 g/mol. The van der Waals surface area contributed by atoms with Gasteiger partial charge in [0.25, 0.3) is 0 Å². The molecule has 10 atom stereocenters. The molecule has 28 heavy (non-hydrogen) atoms. The smallest absolute Gasteiger partial charge is 0.176 e. The summed E-state index contributed by atoms with van der Waals surface area (Å²) in [7, 11) is 0. The second-order valence-electron chi connectivity index (χ2n) is 7.26. The highest BCUT2D eigenvalue weighted by Crippen LogP contribution is 2.28. The van der Waals surface area contributed by atoms with Crippen LogP contribution in [0.3, 0.4) is 0 Å². The van der Waals surface area contributed by atoms with E-state index in [-0.39, 0.29) is 0 Å². The third kappa shape index (κ3) is 5.37. The Balaban J connectivity index is 2.02. The molecule has 2 aliphatic heterocycles. The molecule has 1 unspecified atom stereocenters. The van der Waals surface area contributed by atoms with Gasteiger partial charge in [-0.3, -0.25) is 0 Å². The zero-order valence-electron chi connectivity index (χ0n) is 16.0. The highest BCUT2D eigenvalue weighted by atomic mass is 16.7. The minimum absolute atomic E-state index is 0.404. The van der Waals surface area contributed by atoms with E-state index >= 15 is 0 Å². The standard InChI is InChI=1S/C17H34N2O9/c1-2-3-4-5-25-16-11(19)14(24)15(9(7-21)27-16)28-17-10(18)13(23)12(22)8(6-20)26-17/h8-17,20-24H,2-7,18-19H2,1H3/t8-,9-,10-,11-,12-,13-,14-,15-,16?,17+/m1/s1. The highest BCUT2D eigenvalue weighted by Gasteiger charge is 2.49. The molecule has 0 radical (unpaired) electrons. The minimum atomic E-state index is -1.41. The predicted molar refractivity (Wildman–Crippen MR) is 95.8 cm³/mol. The largest absolute Gasteiger partial charge is 0.394 e. The van der Waals surface area contributed by atoms with Crippen molar-refractivity contribution in [2.75, 3.05) is 19.8 Å². The highest BCUT2D eigenvalue weighted by molar-refractivity contribution is 4.96. The number of rotatable bonds is 9. The lowest BCUT2D eigenvalue weighted by Crippen LogP contribution is -2.67. The molecule has 0 aliphatic carbocycles. The minimum Gasteiger partial charge on any atom is -0.394 e. The zero-order valence-corrected chi connectivity index (χ0v) is 16.0. The number of hydrogen-bond donors (Lipinski definition) is 7. The molecule has 166 valence electrons. The molecule has 11 heteroatoms. The molecule has 9 N–H and O–H groups in total. The predicted octanol–water partition coefficient (Wildman–Crippen LogP) is -3.25. The van der Waals surface area contributed by atoms with Crippen LogP contribution in [0.2, 0.25) is 0 Å². The number of ether oxygens (including phenoxy) is 4. The van der Waals surface area contributed by atoms with Gasteiger partial charge in [-0.25, -0.2) is 0 Å². The number of nitrogens with two attached hydrogens (primary N) is 2. The van der Waals surface area contributed by atoms with E-state index in [4.69, 9.17) is 30.4 Å². The lowest BCUT2D eigenvalue weighted by molar-refractivity contribution is -0.328. The van der Waals surface area contributed by atoms with E-state index in [1.807, 2.05) is 0 Å².